The number of ether oxygens (including phenoxy) is 1. The number of rotatable bonds is 3. The molecule has 0 aromatic heterocycles. The first-order valence-electron chi connectivity index (χ1n) is 6.92. The molecule has 2 atom stereocenters. The van der Waals surface area contributed by atoms with Crippen LogP contribution >= 0.6 is 0 Å². The summed E-state index contributed by atoms with van der Waals surface area (Å²) in [5.41, 5.74) is -0.423. The van der Waals surface area contributed by atoms with Crippen LogP contribution in [0, 0.1) is 11.8 Å². The second kappa shape index (κ2) is 6.41. The van der Waals surface area contributed by atoms with E-state index in [0.717, 1.165) is 32.4 Å². The Balaban J connectivity index is 2.43. The maximum absolute atomic E-state index is 11.9. The fourth-order valence-corrected chi connectivity index (χ4v) is 2.47. The SMILES string of the molecule is CC1CN(C(=O)OC(C)(C)C)CCC1CCCO. The summed E-state index contributed by atoms with van der Waals surface area (Å²) >= 11 is 0. The summed E-state index contributed by atoms with van der Waals surface area (Å²) in [5.74, 6) is 1.11. The molecule has 1 amide bonds. The van der Waals surface area contributed by atoms with Crippen LogP contribution in [0.5, 0.6) is 0 Å². The summed E-state index contributed by atoms with van der Waals surface area (Å²) in [6.07, 6.45) is 2.73. The lowest BCUT2D eigenvalue weighted by atomic mass is 9.84. The fraction of sp³-hybridized carbons (Fsp3) is 0.929. The van der Waals surface area contributed by atoms with Gasteiger partial charge in [0, 0.05) is 19.7 Å². The lowest BCUT2D eigenvalue weighted by Gasteiger charge is -2.37. The molecule has 2 unspecified atom stereocenters. The van der Waals surface area contributed by atoms with Crippen molar-refractivity contribution in [1.82, 2.24) is 4.90 Å². The normalized spacial score (nSPS) is 25.1. The average molecular weight is 257 g/mol. The molecular weight excluding hydrogens is 230 g/mol. The van der Waals surface area contributed by atoms with Crippen LogP contribution in [0.3, 0.4) is 0 Å². The Morgan fingerprint density at radius 2 is 2.11 bits per heavy atom. The van der Waals surface area contributed by atoms with Gasteiger partial charge in [0.25, 0.3) is 0 Å². The third kappa shape index (κ3) is 4.84. The first-order valence-corrected chi connectivity index (χ1v) is 6.92. The van der Waals surface area contributed by atoms with Crippen LogP contribution in [-0.2, 0) is 4.74 Å². The minimum atomic E-state index is -0.423. The zero-order chi connectivity index (χ0) is 13.8. The van der Waals surface area contributed by atoms with Gasteiger partial charge in [-0.05, 0) is 51.9 Å². The zero-order valence-electron chi connectivity index (χ0n) is 12.1. The van der Waals surface area contributed by atoms with Gasteiger partial charge in [-0.2, -0.15) is 0 Å². The van der Waals surface area contributed by atoms with Gasteiger partial charge in [-0.3, -0.25) is 0 Å². The van der Waals surface area contributed by atoms with Crippen molar-refractivity contribution in [2.24, 2.45) is 11.8 Å². The summed E-state index contributed by atoms with van der Waals surface area (Å²) in [7, 11) is 0. The van der Waals surface area contributed by atoms with E-state index >= 15 is 0 Å². The molecule has 1 fully saturated rings. The third-order valence-electron chi connectivity index (χ3n) is 3.47. The summed E-state index contributed by atoms with van der Waals surface area (Å²) in [5, 5.41) is 8.87. The Kier molecular flexibility index (Phi) is 5.45. The highest BCUT2D eigenvalue weighted by Gasteiger charge is 2.30. The molecule has 4 nitrogen and oxygen atoms in total. The van der Waals surface area contributed by atoms with Gasteiger partial charge >= 0.3 is 6.09 Å². The molecule has 1 saturated heterocycles. The van der Waals surface area contributed by atoms with Crippen molar-refractivity contribution < 1.29 is 14.6 Å². The fourth-order valence-electron chi connectivity index (χ4n) is 2.47. The van der Waals surface area contributed by atoms with Crippen molar-refractivity contribution in [1.29, 1.82) is 0 Å². The highest BCUT2D eigenvalue weighted by molar-refractivity contribution is 5.68. The van der Waals surface area contributed by atoms with E-state index in [1.807, 2.05) is 25.7 Å². The number of hydrogen-bond donors (Lipinski definition) is 1. The Bertz CT molecular complexity index is 273. The number of hydrogen-bond acceptors (Lipinski definition) is 3. The number of piperidine rings is 1. The smallest absolute Gasteiger partial charge is 0.410 e. The molecule has 106 valence electrons. The van der Waals surface area contributed by atoms with Crippen molar-refractivity contribution >= 4 is 6.09 Å². The van der Waals surface area contributed by atoms with Crippen molar-refractivity contribution in [3.05, 3.63) is 0 Å². The second-order valence-corrected chi connectivity index (χ2v) is 6.32. The van der Waals surface area contributed by atoms with Crippen LogP contribution in [0.1, 0.15) is 47.0 Å². The number of aliphatic hydroxyl groups is 1. The largest absolute Gasteiger partial charge is 0.444 e. The number of nitrogens with zero attached hydrogens (tertiary/aromatic N) is 1. The molecule has 1 aliphatic heterocycles. The Hall–Kier alpha value is -0.770. The van der Waals surface area contributed by atoms with Crippen LogP contribution in [0.4, 0.5) is 4.79 Å². The molecule has 0 aromatic carbocycles. The van der Waals surface area contributed by atoms with Crippen LogP contribution in [0.15, 0.2) is 0 Å². The second-order valence-electron chi connectivity index (χ2n) is 6.32. The van der Waals surface area contributed by atoms with Crippen molar-refractivity contribution in [2.75, 3.05) is 19.7 Å². The van der Waals surface area contributed by atoms with E-state index < -0.39 is 5.60 Å². The van der Waals surface area contributed by atoms with E-state index in [-0.39, 0.29) is 12.7 Å². The number of amides is 1. The van der Waals surface area contributed by atoms with E-state index in [0.29, 0.717) is 11.8 Å². The van der Waals surface area contributed by atoms with E-state index in [1.165, 1.54) is 0 Å². The Morgan fingerprint density at radius 3 is 2.61 bits per heavy atom. The lowest BCUT2D eigenvalue weighted by Crippen LogP contribution is -2.45. The van der Waals surface area contributed by atoms with Crippen molar-refractivity contribution in [3.8, 4) is 0 Å². The Labute approximate surface area is 110 Å². The third-order valence-corrected chi connectivity index (χ3v) is 3.47. The summed E-state index contributed by atoms with van der Waals surface area (Å²) in [6, 6.07) is 0. The molecule has 4 heteroatoms. The predicted octanol–water partition coefficient (Wildman–Crippen LogP) is 2.65. The van der Waals surface area contributed by atoms with E-state index in [1.54, 1.807) is 0 Å². The minimum Gasteiger partial charge on any atom is -0.444 e. The van der Waals surface area contributed by atoms with Gasteiger partial charge in [-0.15, -0.1) is 0 Å². The van der Waals surface area contributed by atoms with Gasteiger partial charge in [-0.25, -0.2) is 4.79 Å². The minimum absolute atomic E-state index is 0.199. The van der Waals surface area contributed by atoms with Gasteiger partial charge in [0.2, 0.25) is 0 Å². The number of aliphatic hydroxyl groups excluding tert-OH is 1. The Morgan fingerprint density at radius 1 is 1.44 bits per heavy atom. The molecular formula is C14H27NO3. The highest BCUT2D eigenvalue weighted by atomic mass is 16.6. The zero-order valence-corrected chi connectivity index (χ0v) is 12.1. The molecule has 0 aliphatic carbocycles. The van der Waals surface area contributed by atoms with Crippen LogP contribution in [-0.4, -0.2) is 41.4 Å². The van der Waals surface area contributed by atoms with E-state index in [4.69, 9.17) is 9.84 Å². The number of likely N-dealkylation sites (tertiary alicyclic amines) is 1. The van der Waals surface area contributed by atoms with Crippen molar-refractivity contribution in [2.45, 2.75) is 52.6 Å². The van der Waals surface area contributed by atoms with E-state index in [2.05, 4.69) is 6.92 Å². The monoisotopic (exact) mass is 257 g/mol. The van der Waals surface area contributed by atoms with Gasteiger partial charge in [-0.1, -0.05) is 6.92 Å². The molecule has 1 aliphatic rings. The standard InChI is InChI=1S/C14H27NO3/c1-11-10-15(13(17)18-14(2,3)4)8-7-12(11)6-5-9-16/h11-12,16H,5-10H2,1-4H3. The number of carbonyl (C=O) groups is 1. The molecule has 18 heavy (non-hydrogen) atoms. The molecule has 0 saturated carbocycles. The average Bonchev–Trinajstić information content (AvgIpc) is 2.25. The first kappa shape index (κ1) is 15.3. The topological polar surface area (TPSA) is 49.8 Å². The highest BCUT2D eigenvalue weighted by Crippen LogP contribution is 2.28. The van der Waals surface area contributed by atoms with Gasteiger partial charge in [0.05, 0.1) is 0 Å². The number of carbonyl (C=O) groups excluding carboxylic acids is 1. The predicted molar refractivity (Wildman–Crippen MR) is 71.4 cm³/mol. The summed E-state index contributed by atoms with van der Waals surface area (Å²) in [6.45, 7) is 9.66. The molecule has 1 rings (SSSR count). The van der Waals surface area contributed by atoms with Crippen molar-refractivity contribution in [3.63, 3.8) is 0 Å². The van der Waals surface area contributed by atoms with Gasteiger partial charge in [0.15, 0.2) is 0 Å². The molecule has 0 aromatic rings. The van der Waals surface area contributed by atoms with E-state index in [9.17, 15) is 4.79 Å². The molecule has 1 N–H and O–H groups in total. The lowest BCUT2D eigenvalue weighted by molar-refractivity contribution is 0.0107. The summed E-state index contributed by atoms with van der Waals surface area (Å²) in [4.78, 5) is 13.8. The molecule has 0 spiro atoms. The molecule has 1 heterocycles. The van der Waals surface area contributed by atoms with Gasteiger partial charge in [0.1, 0.15) is 5.60 Å². The molecule has 0 bridgehead atoms. The van der Waals surface area contributed by atoms with Gasteiger partial charge < -0.3 is 14.7 Å². The maximum atomic E-state index is 11.9. The maximum Gasteiger partial charge on any atom is 0.410 e. The molecule has 0 radical (unpaired) electrons. The first-order chi connectivity index (χ1) is 8.33. The van der Waals surface area contributed by atoms with Crippen LogP contribution in [0.25, 0.3) is 0 Å². The summed E-state index contributed by atoms with van der Waals surface area (Å²) < 4.78 is 5.39. The van der Waals surface area contributed by atoms with Crippen LogP contribution < -0.4 is 0 Å². The quantitative estimate of drug-likeness (QED) is 0.845. The van der Waals surface area contributed by atoms with Crippen LogP contribution in [0.2, 0.25) is 0 Å².